The molecule has 0 amide bonds. The number of primary sulfonamides is 1. The number of unbranched alkanes of at least 4 members (excludes halogenated alkanes) is 2. The van der Waals surface area contributed by atoms with Crippen LogP contribution in [-0.2, 0) is 14.8 Å². The number of sulfonamides is 1. The molecule has 1 aromatic carbocycles. The Morgan fingerprint density at radius 1 is 1.35 bits per heavy atom. The summed E-state index contributed by atoms with van der Waals surface area (Å²) in [5, 5.41) is 4.99. The molecule has 0 aliphatic rings. The molecule has 0 unspecified atom stereocenters. The second-order valence-corrected chi connectivity index (χ2v) is 5.99. The van der Waals surface area contributed by atoms with Gasteiger partial charge < -0.3 is 4.74 Å². The average Bonchev–Trinajstić information content (AvgIpc) is 2.35. The number of esters is 1. The molecule has 7 heteroatoms. The van der Waals surface area contributed by atoms with Crippen molar-refractivity contribution in [3.63, 3.8) is 0 Å². The molecule has 0 atom stereocenters. The molecule has 1 aromatic rings. The van der Waals surface area contributed by atoms with E-state index in [1.165, 1.54) is 6.92 Å². The van der Waals surface area contributed by atoms with Crippen LogP contribution in [0.5, 0.6) is 0 Å². The number of benzene rings is 1. The molecule has 0 aliphatic carbocycles. The first kappa shape index (κ1) is 16.6. The zero-order valence-corrected chi connectivity index (χ0v) is 12.3. The lowest BCUT2D eigenvalue weighted by atomic mass is 10.1. The third-order valence-electron chi connectivity index (χ3n) is 2.83. The SMILES string of the molecule is CCCCCOC(=O)c1cc(F)cc(S(N)(=O)=O)c1C. The summed E-state index contributed by atoms with van der Waals surface area (Å²) in [5.41, 5.74) is -0.0279. The van der Waals surface area contributed by atoms with Crippen LogP contribution in [0.3, 0.4) is 0 Å². The van der Waals surface area contributed by atoms with Gasteiger partial charge in [0.2, 0.25) is 10.0 Å². The first-order valence-corrected chi connectivity index (χ1v) is 7.82. The maximum absolute atomic E-state index is 13.4. The van der Waals surface area contributed by atoms with Crippen molar-refractivity contribution in [2.75, 3.05) is 6.61 Å². The summed E-state index contributed by atoms with van der Waals surface area (Å²) in [6, 6.07) is 1.74. The predicted octanol–water partition coefficient (Wildman–Crippen LogP) is 2.13. The summed E-state index contributed by atoms with van der Waals surface area (Å²) in [6.07, 6.45) is 2.60. The molecule has 0 spiro atoms. The number of nitrogens with two attached hydrogens (primary N) is 1. The topological polar surface area (TPSA) is 86.5 Å². The zero-order valence-electron chi connectivity index (χ0n) is 11.5. The second kappa shape index (κ2) is 6.81. The van der Waals surface area contributed by atoms with E-state index >= 15 is 0 Å². The molecule has 0 saturated carbocycles. The lowest BCUT2D eigenvalue weighted by molar-refractivity contribution is 0.0496. The maximum Gasteiger partial charge on any atom is 0.338 e. The highest BCUT2D eigenvalue weighted by atomic mass is 32.2. The van der Waals surface area contributed by atoms with Crippen LogP contribution >= 0.6 is 0 Å². The molecule has 5 nitrogen and oxygen atoms in total. The Kier molecular flexibility index (Phi) is 5.64. The van der Waals surface area contributed by atoms with E-state index in [1.807, 2.05) is 6.92 Å². The van der Waals surface area contributed by atoms with Crippen LogP contribution in [0.4, 0.5) is 4.39 Å². The van der Waals surface area contributed by atoms with Crippen LogP contribution < -0.4 is 5.14 Å². The van der Waals surface area contributed by atoms with Gasteiger partial charge in [-0.15, -0.1) is 0 Å². The van der Waals surface area contributed by atoms with Crippen LogP contribution in [0.15, 0.2) is 17.0 Å². The third-order valence-corrected chi connectivity index (χ3v) is 3.87. The highest BCUT2D eigenvalue weighted by molar-refractivity contribution is 7.89. The number of rotatable bonds is 6. The fourth-order valence-electron chi connectivity index (χ4n) is 1.76. The van der Waals surface area contributed by atoms with Crippen LogP contribution in [0.25, 0.3) is 0 Å². The second-order valence-electron chi connectivity index (χ2n) is 4.46. The summed E-state index contributed by atoms with van der Waals surface area (Å²) in [7, 11) is -4.09. The molecule has 0 fully saturated rings. The molecule has 2 N–H and O–H groups in total. The molecule has 0 heterocycles. The van der Waals surface area contributed by atoms with E-state index in [-0.39, 0.29) is 17.7 Å². The minimum Gasteiger partial charge on any atom is -0.462 e. The Balaban J connectivity index is 3.01. The Bertz CT molecular complexity index is 599. The first-order valence-electron chi connectivity index (χ1n) is 6.27. The Morgan fingerprint density at radius 3 is 2.55 bits per heavy atom. The van der Waals surface area contributed by atoms with Gasteiger partial charge in [0, 0.05) is 0 Å². The monoisotopic (exact) mass is 303 g/mol. The third kappa shape index (κ3) is 4.28. The van der Waals surface area contributed by atoms with Crippen molar-refractivity contribution in [1.82, 2.24) is 0 Å². The average molecular weight is 303 g/mol. The van der Waals surface area contributed by atoms with Crippen molar-refractivity contribution in [3.8, 4) is 0 Å². The van der Waals surface area contributed by atoms with E-state index in [9.17, 15) is 17.6 Å². The molecule has 112 valence electrons. The molecule has 0 radical (unpaired) electrons. The fraction of sp³-hybridized carbons (Fsp3) is 0.462. The van der Waals surface area contributed by atoms with Gasteiger partial charge in [-0.05, 0) is 31.0 Å². The molecule has 0 aliphatic heterocycles. The van der Waals surface area contributed by atoms with Crippen molar-refractivity contribution in [3.05, 3.63) is 29.1 Å². The van der Waals surface area contributed by atoms with E-state index in [0.29, 0.717) is 6.42 Å². The minimum atomic E-state index is -4.09. The van der Waals surface area contributed by atoms with Crippen LogP contribution in [0, 0.1) is 12.7 Å². The Hall–Kier alpha value is -1.47. The van der Waals surface area contributed by atoms with Crippen molar-refractivity contribution in [2.45, 2.75) is 38.0 Å². The maximum atomic E-state index is 13.4. The number of ether oxygens (including phenoxy) is 1. The van der Waals surface area contributed by atoms with Crippen LogP contribution in [0.2, 0.25) is 0 Å². The molecular formula is C13H18FNO4S. The van der Waals surface area contributed by atoms with Gasteiger partial charge >= 0.3 is 5.97 Å². The van der Waals surface area contributed by atoms with Gasteiger partial charge in [0.1, 0.15) is 5.82 Å². The molecule has 0 saturated heterocycles. The van der Waals surface area contributed by atoms with E-state index in [4.69, 9.17) is 9.88 Å². The Morgan fingerprint density at radius 2 is 2.00 bits per heavy atom. The lowest BCUT2D eigenvalue weighted by Crippen LogP contribution is -2.17. The lowest BCUT2D eigenvalue weighted by Gasteiger charge is -2.10. The fourth-order valence-corrected chi connectivity index (χ4v) is 2.57. The highest BCUT2D eigenvalue weighted by Crippen LogP contribution is 2.21. The van der Waals surface area contributed by atoms with E-state index in [0.717, 1.165) is 25.0 Å². The minimum absolute atomic E-state index is 0.0920. The smallest absolute Gasteiger partial charge is 0.338 e. The van der Waals surface area contributed by atoms with Gasteiger partial charge in [-0.25, -0.2) is 22.7 Å². The van der Waals surface area contributed by atoms with Crippen molar-refractivity contribution in [1.29, 1.82) is 0 Å². The number of carbonyl (C=O) groups is 1. The molecule has 0 aromatic heterocycles. The highest BCUT2D eigenvalue weighted by Gasteiger charge is 2.20. The molecule has 1 rings (SSSR count). The van der Waals surface area contributed by atoms with E-state index in [1.54, 1.807) is 0 Å². The van der Waals surface area contributed by atoms with Crippen molar-refractivity contribution < 1.29 is 22.3 Å². The molecule has 0 bridgehead atoms. The van der Waals surface area contributed by atoms with Gasteiger partial charge in [0.25, 0.3) is 0 Å². The quantitative estimate of drug-likeness (QED) is 0.644. The standard InChI is InChI=1S/C13H18FNO4S/c1-3-4-5-6-19-13(16)11-7-10(14)8-12(9(11)2)20(15,17)18/h7-8H,3-6H2,1-2H3,(H2,15,17,18). The van der Waals surface area contributed by atoms with Gasteiger partial charge in [-0.1, -0.05) is 19.8 Å². The molecule has 20 heavy (non-hydrogen) atoms. The van der Waals surface area contributed by atoms with Crippen LogP contribution in [-0.4, -0.2) is 21.0 Å². The van der Waals surface area contributed by atoms with Gasteiger partial charge in [0.15, 0.2) is 0 Å². The normalized spacial score (nSPS) is 11.4. The first-order chi connectivity index (χ1) is 9.27. The van der Waals surface area contributed by atoms with E-state index < -0.39 is 26.7 Å². The number of carbonyl (C=O) groups excluding carboxylic acids is 1. The summed E-state index contributed by atoms with van der Waals surface area (Å²) in [5.74, 6) is -1.59. The number of hydrogen-bond donors (Lipinski definition) is 1. The van der Waals surface area contributed by atoms with E-state index in [2.05, 4.69) is 0 Å². The van der Waals surface area contributed by atoms with Crippen molar-refractivity contribution >= 4 is 16.0 Å². The largest absolute Gasteiger partial charge is 0.462 e. The summed E-state index contributed by atoms with van der Waals surface area (Å²) < 4.78 is 41.1. The predicted molar refractivity (Wildman–Crippen MR) is 72.3 cm³/mol. The number of halogens is 1. The summed E-state index contributed by atoms with van der Waals surface area (Å²) in [4.78, 5) is 11.4. The van der Waals surface area contributed by atoms with Crippen LogP contribution in [0.1, 0.15) is 42.1 Å². The van der Waals surface area contributed by atoms with Gasteiger partial charge in [-0.2, -0.15) is 0 Å². The zero-order chi connectivity index (χ0) is 15.3. The molecular weight excluding hydrogens is 285 g/mol. The Labute approximate surface area is 118 Å². The van der Waals surface area contributed by atoms with Gasteiger partial charge in [0.05, 0.1) is 17.1 Å². The summed E-state index contributed by atoms with van der Waals surface area (Å²) in [6.45, 7) is 3.62. The number of hydrogen-bond acceptors (Lipinski definition) is 4. The summed E-state index contributed by atoms with van der Waals surface area (Å²) >= 11 is 0. The van der Waals surface area contributed by atoms with Gasteiger partial charge in [-0.3, -0.25) is 0 Å². The van der Waals surface area contributed by atoms with Crippen molar-refractivity contribution in [2.24, 2.45) is 5.14 Å².